The molecular weight excluding hydrogens is 380 g/mol. The molecule has 0 bridgehead atoms. The number of ether oxygens (including phenoxy) is 2. The number of methoxy groups -OCH3 is 1. The van der Waals surface area contributed by atoms with Crippen LogP contribution >= 0.6 is 0 Å². The Morgan fingerprint density at radius 2 is 1.80 bits per heavy atom. The highest BCUT2D eigenvalue weighted by molar-refractivity contribution is 6.09. The summed E-state index contributed by atoms with van der Waals surface area (Å²) in [4.78, 5) is 12.4. The molecule has 0 aliphatic carbocycles. The highest BCUT2D eigenvalue weighted by Crippen LogP contribution is 2.30. The van der Waals surface area contributed by atoms with Crippen molar-refractivity contribution in [3.05, 3.63) is 89.5 Å². The number of rotatable bonds is 7. The number of hydrogen-bond donors (Lipinski definition) is 2. The van der Waals surface area contributed by atoms with Crippen LogP contribution in [-0.2, 0) is 11.4 Å². The maximum atomic E-state index is 12.4. The summed E-state index contributed by atoms with van der Waals surface area (Å²) in [5.74, 6) is 0.595. The zero-order valence-electron chi connectivity index (χ0n) is 16.3. The molecule has 2 N–H and O–H groups in total. The number of phenolic OH excluding ortho intramolecular Hbond substituents is 1. The fraction of sp³-hybridized carbons (Fsp3) is 0.0833. The lowest BCUT2D eigenvalue weighted by molar-refractivity contribution is -0.112. The Bertz CT molecular complexity index is 1080. The molecule has 0 saturated carbocycles. The van der Waals surface area contributed by atoms with Crippen LogP contribution < -0.4 is 14.8 Å². The zero-order chi connectivity index (χ0) is 21.3. The Kier molecular flexibility index (Phi) is 6.70. The quantitative estimate of drug-likeness (QED) is 0.345. The van der Waals surface area contributed by atoms with E-state index in [2.05, 4.69) is 5.32 Å². The molecule has 0 aromatic heterocycles. The van der Waals surface area contributed by atoms with Crippen LogP contribution in [0.25, 0.3) is 6.08 Å². The summed E-state index contributed by atoms with van der Waals surface area (Å²) < 4.78 is 11.2. The van der Waals surface area contributed by atoms with Gasteiger partial charge in [-0.3, -0.25) is 4.79 Å². The highest BCUT2D eigenvalue weighted by atomic mass is 16.5. The standard InChI is InChI=1S/C24H20N2O4/c1-29-22-12-7-18(14-23(22)30-16-17-5-3-2-4-6-17)13-19(15-25)24(28)26-20-8-10-21(27)11-9-20/h2-14,27H,16H2,1H3,(H,26,28)/b19-13-. The predicted molar refractivity (Wildman–Crippen MR) is 114 cm³/mol. The number of nitrogens with one attached hydrogen (secondary N) is 1. The molecule has 0 radical (unpaired) electrons. The van der Waals surface area contributed by atoms with E-state index in [-0.39, 0.29) is 11.3 Å². The average Bonchev–Trinajstić information content (AvgIpc) is 2.78. The van der Waals surface area contributed by atoms with Gasteiger partial charge in [0.2, 0.25) is 0 Å². The molecule has 3 aromatic carbocycles. The van der Waals surface area contributed by atoms with Crippen molar-refractivity contribution < 1.29 is 19.4 Å². The summed E-state index contributed by atoms with van der Waals surface area (Å²) >= 11 is 0. The third-order valence-electron chi connectivity index (χ3n) is 4.23. The summed E-state index contributed by atoms with van der Waals surface area (Å²) in [5, 5.41) is 21.4. The predicted octanol–water partition coefficient (Wildman–Crippen LogP) is 4.53. The molecule has 0 aliphatic heterocycles. The normalized spacial score (nSPS) is 10.7. The number of nitrogens with zero attached hydrogens (tertiary/aromatic N) is 1. The number of nitriles is 1. The number of aromatic hydroxyl groups is 1. The molecular formula is C24H20N2O4. The lowest BCUT2D eigenvalue weighted by Gasteiger charge is -2.12. The van der Waals surface area contributed by atoms with Gasteiger partial charge in [0.05, 0.1) is 7.11 Å². The van der Waals surface area contributed by atoms with Gasteiger partial charge in [-0.1, -0.05) is 36.4 Å². The number of phenols is 1. The van der Waals surface area contributed by atoms with Crippen LogP contribution in [-0.4, -0.2) is 18.1 Å². The van der Waals surface area contributed by atoms with Gasteiger partial charge in [-0.15, -0.1) is 0 Å². The minimum atomic E-state index is -0.550. The Morgan fingerprint density at radius 3 is 2.47 bits per heavy atom. The van der Waals surface area contributed by atoms with Crippen molar-refractivity contribution in [2.24, 2.45) is 0 Å². The molecule has 0 saturated heterocycles. The van der Waals surface area contributed by atoms with Crippen LogP contribution in [0.15, 0.2) is 78.4 Å². The maximum Gasteiger partial charge on any atom is 0.266 e. The molecule has 30 heavy (non-hydrogen) atoms. The van der Waals surface area contributed by atoms with Gasteiger partial charge < -0.3 is 19.9 Å². The molecule has 0 fully saturated rings. The summed E-state index contributed by atoms with van der Waals surface area (Å²) in [7, 11) is 1.55. The summed E-state index contributed by atoms with van der Waals surface area (Å²) in [6.07, 6.45) is 1.48. The third-order valence-corrected chi connectivity index (χ3v) is 4.23. The van der Waals surface area contributed by atoms with Gasteiger partial charge in [-0.05, 0) is 53.6 Å². The van der Waals surface area contributed by atoms with Crippen LogP contribution in [0.1, 0.15) is 11.1 Å². The minimum Gasteiger partial charge on any atom is -0.508 e. The Morgan fingerprint density at radius 1 is 1.07 bits per heavy atom. The largest absolute Gasteiger partial charge is 0.508 e. The number of carbonyl (C=O) groups is 1. The second-order valence-electron chi connectivity index (χ2n) is 6.36. The fourth-order valence-corrected chi connectivity index (χ4v) is 2.69. The molecule has 1 amide bonds. The van der Waals surface area contributed by atoms with Crippen LogP contribution in [0.4, 0.5) is 5.69 Å². The molecule has 6 nitrogen and oxygen atoms in total. The van der Waals surface area contributed by atoms with Crippen molar-refractivity contribution in [2.75, 3.05) is 12.4 Å². The maximum absolute atomic E-state index is 12.4. The van der Waals surface area contributed by atoms with Gasteiger partial charge in [-0.25, -0.2) is 0 Å². The number of hydrogen-bond acceptors (Lipinski definition) is 5. The van der Waals surface area contributed by atoms with Crippen LogP contribution in [0, 0.1) is 11.3 Å². The third kappa shape index (κ3) is 5.40. The van der Waals surface area contributed by atoms with Crippen molar-refractivity contribution in [1.82, 2.24) is 0 Å². The molecule has 3 rings (SSSR count). The molecule has 6 heteroatoms. The van der Waals surface area contributed by atoms with Gasteiger partial charge in [0.15, 0.2) is 11.5 Å². The highest BCUT2D eigenvalue weighted by Gasteiger charge is 2.11. The SMILES string of the molecule is COc1ccc(/C=C(/C#N)C(=O)Nc2ccc(O)cc2)cc1OCc1ccccc1. The summed E-state index contributed by atoms with van der Waals surface area (Å²) in [5.41, 5.74) is 2.03. The van der Waals surface area contributed by atoms with Crippen LogP contribution in [0.5, 0.6) is 17.2 Å². The Balaban J connectivity index is 1.78. The van der Waals surface area contributed by atoms with Crippen molar-refractivity contribution >= 4 is 17.7 Å². The topological polar surface area (TPSA) is 91.6 Å². The molecule has 0 spiro atoms. The number of benzene rings is 3. The van der Waals surface area contributed by atoms with Gasteiger partial charge in [-0.2, -0.15) is 5.26 Å². The second kappa shape index (κ2) is 9.80. The Hall–Kier alpha value is -4.24. The van der Waals surface area contributed by atoms with Crippen LogP contribution in [0.2, 0.25) is 0 Å². The van der Waals surface area contributed by atoms with E-state index >= 15 is 0 Å². The molecule has 0 heterocycles. The van der Waals surface area contributed by atoms with E-state index in [9.17, 15) is 15.2 Å². The second-order valence-corrected chi connectivity index (χ2v) is 6.36. The van der Waals surface area contributed by atoms with E-state index in [0.717, 1.165) is 5.56 Å². The molecule has 3 aromatic rings. The van der Waals surface area contributed by atoms with E-state index in [0.29, 0.717) is 29.4 Å². The molecule has 0 unspecified atom stereocenters. The number of amides is 1. The van der Waals surface area contributed by atoms with E-state index in [4.69, 9.17) is 9.47 Å². The monoisotopic (exact) mass is 400 g/mol. The van der Waals surface area contributed by atoms with Gasteiger partial charge in [0.1, 0.15) is 24.0 Å². The first-order chi connectivity index (χ1) is 14.6. The van der Waals surface area contributed by atoms with Gasteiger partial charge in [0, 0.05) is 5.69 Å². The lowest BCUT2D eigenvalue weighted by Crippen LogP contribution is -2.13. The van der Waals surface area contributed by atoms with Crippen molar-refractivity contribution in [1.29, 1.82) is 5.26 Å². The minimum absolute atomic E-state index is 0.0674. The van der Waals surface area contributed by atoms with E-state index in [1.807, 2.05) is 36.4 Å². The van der Waals surface area contributed by atoms with E-state index in [1.165, 1.54) is 18.2 Å². The average molecular weight is 400 g/mol. The first-order valence-electron chi connectivity index (χ1n) is 9.16. The lowest BCUT2D eigenvalue weighted by atomic mass is 10.1. The first-order valence-corrected chi connectivity index (χ1v) is 9.16. The van der Waals surface area contributed by atoms with Crippen molar-refractivity contribution in [3.63, 3.8) is 0 Å². The summed E-state index contributed by atoms with van der Waals surface area (Å²) in [6, 6.07) is 22.8. The first kappa shape index (κ1) is 20.5. The zero-order valence-corrected chi connectivity index (χ0v) is 16.3. The summed E-state index contributed by atoms with van der Waals surface area (Å²) in [6.45, 7) is 0.358. The van der Waals surface area contributed by atoms with Crippen LogP contribution in [0.3, 0.4) is 0 Å². The van der Waals surface area contributed by atoms with Gasteiger partial charge >= 0.3 is 0 Å². The number of carbonyl (C=O) groups excluding carboxylic acids is 1. The molecule has 0 atom stereocenters. The Labute approximate surface area is 174 Å². The van der Waals surface area contributed by atoms with E-state index in [1.54, 1.807) is 37.4 Å². The van der Waals surface area contributed by atoms with Gasteiger partial charge in [0.25, 0.3) is 5.91 Å². The number of anilines is 1. The van der Waals surface area contributed by atoms with E-state index < -0.39 is 5.91 Å². The fourth-order valence-electron chi connectivity index (χ4n) is 2.69. The molecule has 150 valence electrons. The van der Waals surface area contributed by atoms with Crippen molar-refractivity contribution in [2.45, 2.75) is 6.61 Å². The van der Waals surface area contributed by atoms with Crippen molar-refractivity contribution in [3.8, 4) is 23.3 Å². The smallest absolute Gasteiger partial charge is 0.266 e. The molecule has 0 aliphatic rings.